The van der Waals surface area contributed by atoms with Crippen molar-refractivity contribution in [2.45, 2.75) is 31.3 Å². The Balaban J connectivity index is 1.70. The van der Waals surface area contributed by atoms with Crippen molar-refractivity contribution >= 4 is 15.7 Å². The van der Waals surface area contributed by atoms with Crippen molar-refractivity contribution in [3.05, 3.63) is 60.2 Å². The predicted molar refractivity (Wildman–Crippen MR) is 106 cm³/mol. The zero-order chi connectivity index (χ0) is 20.6. The van der Waals surface area contributed by atoms with E-state index in [1.165, 1.54) is 0 Å². The second-order valence-electron chi connectivity index (χ2n) is 6.67. The van der Waals surface area contributed by atoms with Gasteiger partial charge in [-0.1, -0.05) is 18.2 Å². The third kappa shape index (κ3) is 3.65. The summed E-state index contributed by atoms with van der Waals surface area (Å²) in [7, 11) is -4.25. The molecule has 0 saturated carbocycles. The van der Waals surface area contributed by atoms with Crippen LogP contribution in [0.5, 0.6) is 11.5 Å². The smallest absolute Gasteiger partial charge is 0.268 e. The summed E-state index contributed by atoms with van der Waals surface area (Å²) in [6, 6.07) is 11.8. The SMILES string of the molecule is CCOc1cc2c(cc1NS(=O)(=O)c1cnn(-c3ccccc3)c1F)OC(C)C2. The van der Waals surface area contributed by atoms with Crippen LogP contribution < -0.4 is 14.2 Å². The molecule has 1 aliphatic heterocycles. The van der Waals surface area contributed by atoms with Gasteiger partial charge in [0.1, 0.15) is 17.6 Å². The highest BCUT2D eigenvalue weighted by Crippen LogP contribution is 2.39. The van der Waals surface area contributed by atoms with Crippen molar-refractivity contribution in [1.82, 2.24) is 9.78 Å². The van der Waals surface area contributed by atoms with E-state index in [1.54, 1.807) is 49.4 Å². The predicted octanol–water partition coefficient (Wildman–Crippen LogP) is 3.53. The number of ether oxygens (including phenoxy) is 2. The highest BCUT2D eigenvalue weighted by molar-refractivity contribution is 7.92. The van der Waals surface area contributed by atoms with Crippen molar-refractivity contribution in [3.8, 4) is 17.2 Å². The number of sulfonamides is 1. The Kier molecular flexibility index (Phi) is 4.91. The molecule has 0 fully saturated rings. The summed E-state index contributed by atoms with van der Waals surface area (Å²) in [6.07, 6.45) is 1.69. The molecule has 1 atom stereocenters. The number of nitrogens with one attached hydrogen (secondary N) is 1. The van der Waals surface area contributed by atoms with Crippen molar-refractivity contribution in [3.63, 3.8) is 0 Å². The van der Waals surface area contributed by atoms with E-state index in [0.29, 0.717) is 30.2 Å². The molecule has 0 bridgehead atoms. The molecular weight excluding hydrogens is 397 g/mol. The molecule has 0 amide bonds. The molecule has 1 N–H and O–H groups in total. The summed E-state index contributed by atoms with van der Waals surface area (Å²) < 4.78 is 55.3. The van der Waals surface area contributed by atoms with Gasteiger partial charge in [-0.15, -0.1) is 0 Å². The number of anilines is 1. The molecular formula is C20H20FN3O4S. The second-order valence-corrected chi connectivity index (χ2v) is 8.33. The highest BCUT2D eigenvalue weighted by Gasteiger charge is 2.28. The highest BCUT2D eigenvalue weighted by atomic mass is 32.2. The van der Waals surface area contributed by atoms with Crippen LogP contribution in [-0.2, 0) is 16.4 Å². The third-order valence-corrected chi connectivity index (χ3v) is 5.85. The summed E-state index contributed by atoms with van der Waals surface area (Å²) in [5.74, 6) is -0.0322. The average molecular weight is 417 g/mol. The lowest BCUT2D eigenvalue weighted by Crippen LogP contribution is -2.15. The Morgan fingerprint density at radius 1 is 1.31 bits per heavy atom. The first kappa shape index (κ1) is 19.3. The molecule has 1 aromatic heterocycles. The van der Waals surface area contributed by atoms with Gasteiger partial charge in [0.25, 0.3) is 10.0 Å². The molecule has 0 aliphatic carbocycles. The Morgan fingerprint density at radius 2 is 2.07 bits per heavy atom. The lowest BCUT2D eigenvalue weighted by Gasteiger charge is -2.14. The Morgan fingerprint density at radius 3 is 2.79 bits per heavy atom. The number of fused-ring (bicyclic) bond motifs is 1. The minimum atomic E-state index is -4.25. The van der Waals surface area contributed by atoms with Crippen molar-refractivity contribution in [2.75, 3.05) is 11.3 Å². The molecule has 4 rings (SSSR count). The van der Waals surface area contributed by atoms with Crippen LogP contribution in [-0.4, -0.2) is 30.9 Å². The summed E-state index contributed by atoms with van der Waals surface area (Å²) in [5.41, 5.74) is 1.54. The van der Waals surface area contributed by atoms with Gasteiger partial charge in [0.15, 0.2) is 4.90 Å². The molecule has 1 unspecified atom stereocenters. The third-order valence-electron chi connectivity index (χ3n) is 4.51. The summed E-state index contributed by atoms with van der Waals surface area (Å²) in [5, 5.41) is 3.89. The van der Waals surface area contributed by atoms with E-state index in [9.17, 15) is 12.8 Å². The van der Waals surface area contributed by atoms with Gasteiger partial charge in [-0.25, -0.2) is 13.1 Å². The summed E-state index contributed by atoms with van der Waals surface area (Å²) in [4.78, 5) is -0.557. The number of aromatic nitrogens is 2. The largest absolute Gasteiger partial charge is 0.492 e. The van der Waals surface area contributed by atoms with Crippen molar-refractivity contribution < 1.29 is 22.3 Å². The van der Waals surface area contributed by atoms with E-state index in [2.05, 4.69) is 9.82 Å². The number of halogens is 1. The number of hydrogen-bond acceptors (Lipinski definition) is 5. The minimum absolute atomic E-state index is 0.00659. The average Bonchev–Trinajstić information content (AvgIpc) is 3.24. The molecule has 0 saturated heterocycles. The molecule has 1 aliphatic rings. The molecule has 0 spiro atoms. The lowest BCUT2D eigenvalue weighted by atomic mass is 10.1. The Bertz CT molecular complexity index is 1150. The molecule has 152 valence electrons. The fraction of sp³-hybridized carbons (Fsp3) is 0.250. The number of para-hydroxylation sites is 1. The van der Waals surface area contributed by atoms with Crippen molar-refractivity contribution in [1.29, 1.82) is 0 Å². The maximum atomic E-state index is 14.9. The van der Waals surface area contributed by atoms with Crippen LogP contribution in [0.15, 0.2) is 53.6 Å². The van der Waals surface area contributed by atoms with E-state index in [4.69, 9.17) is 9.47 Å². The van der Waals surface area contributed by atoms with Crippen LogP contribution in [0.25, 0.3) is 5.69 Å². The quantitative estimate of drug-likeness (QED) is 0.663. The Hall–Kier alpha value is -3.07. The van der Waals surface area contributed by atoms with E-state index in [0.717, 1.165) is 16.4 Å². The summed E-state index contributed by atoms with van der Waals surface area (Å²) in [6.45, 7) is 4.08. The molecule has 0 radical (unpaired) electrons. The molecule has 9 heteroatoms. The van der Waals surface area contributed by atoms with Gasteiger partial charge in [0, 0.05) is 18.1 Å². The maximum Gasteiger partial charge on any atom is 0.268 e. The van der Waals surface area contributed by atoms with E-state index in [-0.39, 0.29) is 11.8 Å². The van der Waals surface area contributed by atoms with Gasteiger partial charge >= 0.3 is 0 Å². The van der Waals surface area contributed by atoms with Crippen LogP contribution in [0.4, 0.5) is 10.1 Å². The zero-order valence-electron chi connectivity index (χ0n) is 15.9. The van der Waals surface area contributed by atoms with Crippen LogP contribution in [0.1, 0.15) is 19.4 Å². The number of hydrogen-bond donors (Lipinski definition) is 1. The molecule has 2 aromatic carbocycles. The first-order valence-electron chi connectivity index (χ1n) is 9.17. The minimum Gasteiger partial charge on any atom is -0.492 e. The van der Waals surface area contributed by atoms with Crippen molar-refractivity contribution in [2.24, 2.45) is 0 Å². The maximum absolute atomic E-state index is 14.9. The van der Waals surface area contributed by atoms with Crippen LogP contribution in [0.2, 0.25) is 0 Å². The van der Waals surface area contributed by atoms with Gasteiger partial charge < -0.3 is 9.47 Å². The van der Waals surface area contributed by atoms with Gasteiger partial charge in [-0.05, 0) is 32.0 Å². The first-order chi connectivity index (χ1) is 13.9. The van der Waals surface area contributed by atoms with Crippen LogP contribution in [0.3, 0.4) is 0 Å². The van der Waals surface area contributed by atoms with Gasteiger partial charge in [0.05, 0.1) is 24.2 Å². The fourth-order valence-corrected chi connectivity index (χ4v) is 4.29. The standard InChI is InChI=1S/C20H20FN3O4S/c1-3-27-18-10-14-9-13(2)28-17(14)11-16(18)23-29(25,26)19-12-22-24(20(19)21)15-7-5-4-6-8-15/h4-8,10-13,23H,3,9H2,1-2H3. The fourth-order valence-electron chi connectivity index (χ4n) is 3.24. The topological polar surface area (TPSA) is 82.5 Å². The number of benzene rings is 2. The Labute approximate surface area is 168 Å². The monoisotopic (exact) mass is 417 g/mol. The molecule has 7 nitrogen and oxygen atoms in total. The van der Waals surface area contributed by atoms with Crippen LogP contribution >= 0.6 is 0 Å². The molecule has 2 heterocycles. The van der Waals surface area contributed by atoms with E-state index >= 15 is 0 Å². The van der Waals surface area contributed by atoms with E-state index < -0.39 is 20.9 Å². The normalized spacial score (nSPS) is 15.6. The number of rotatable bonds is 6. The van der Waals surface area contributed by atoms with Gasteiger partial charge in [-0.3, -0.25) is 4.72 Å². The van der Waals surface area contributed by atoms with Gasteiger partial charge in [-0.2, -0.15) is 9.49 Å². The zero-order valence-corrected chi connectivity index (χ0v) is 16.7. The lowest BCUT2D eigenvalue weighted by molar-refractivity contribution is 0.254. The summed E-state index contributed by atoms with van der Waals surface area (Å²) >= 11 is 0. The molecule has 29 heavy (non-hydrogen) atoms. The number of nitrogens with zero attached hydrogens (tertiary/aromatic N) is 2. The molecule has 3 aromatic rings. The van der Waals surface area contributed by atoms with Crippen LogP contribution in [0, 0.1) is 5.95 Å². The van der Waals surface area contributed by atoms with Gasteiger partial charge in [0.2, 0.25) is 5.95 Å². The first-order valence-corrected chi connectivity index (χ1v) is 10.7. The second kappa shape index (κ2) is 7.40. The van der Waals surface area contributed by atoms with E-state index in [1.807, 2.05) is 6.92 Å².